The van der Waals surface area contributed by atoms with E-state index >= 15 is 0 Å². The van der Waals surface area contributed by atoms with Crippen LogP contribution in [0.1, 0.15) is 0 Å². The molecular formula is C7H13NSi2. The van der Waals surface area contributed by atoms with Gasteiger partial charge in [0.25, 0.3) is 0 Å². The smallest absolute Gasteiger partial charge is 0.112 e. The molecule has 1 rings (SSSR count). The van der Waals surface area contributed by atoms with Crippen LogP contribution in [0.25, 0.3) is 0 Å². The van der Waals surface area contributed by atoms with Gasteiger partial charge in [0.2, 0.25) is 0 Å². The van der Waals surface area contributed by atoms with Crippen LogP contribution in [0.15, 0.2) is 30.3 Å². The number of nitrogens with one attached hydrogen (secondary N) is 1. The lowest BCUT2D eigenvalue weighted by molar-refractivity contribution is 1.66. The summed E-state index contributed by atoms with van der Waals surface area (Å²) in [5, 5.41) is 0. The zero-order chi connectivity index (χ0) is 7.40. The van der Waals surface area contributed by atoms with E-state index in [2.05, 4.69) is 35.8 Å². The summed E-state index contributed by atoms with van der Waals surface area (Å²) in [6.07, 6.45) is 0. The fraction of sp³-hybridized carbons (Fsp3) is 0.143. The van der Waals surface area contributed by atoms with E-state index in [0.717, 1.165) is 0 Å². The summed E-state index contributed by atoms with van der Waals surface area (Å²) in [6, 6.07) is 10.4. The van der Waals surface area contributed by atoms with Crippen LogP contribution in [0.5, 0.6) is 0 Å². The van der Waals surface area contributed by atoms with Gasteiger partial charge >= 0.3 is 0 Å². The average Bonchev–Trinajstić information content (AvgIpc) is 1.88. The minimum Gasteiger partial charge on any atom is -0.416 e. The molecule has 1 atom stereocenters. The predicted octanol–water partition coefficient (Wildman–Crippen LogP) is 0.314. The van der Waals surface area contributed by atoms with Crippen LogP contribution in [-0.2, 0) is 0 Å². The molecule has 0 fully saturated rings. The highest BCUT2D eigenvalue weighted by atomic mass is 29.2. The Balaban J connectivity index is 2.59. The molecule has 0 spiro atoms. The highest BCUT2D eigenvalue weighted by molar-refractivity contribution is 7.04. The Morgan fingerprint density at radius 2 is 1.90 bits per heavy atom. The quantitative estimate of drug-likeness (QED) is 0.625. The molecule has 1 nitrogen and oxygen atoms in total. The minimum atomic E-state index is -0.508. The predicted molar refractivity (Wildman–Crippen MR) is 53.0 cm³/mol. The van der Waals surface area contributed by atoms with Crippen LogP contribution in [0.3, 0.4) is 0 Å². The van der Waals surface area contributed by atoms with Crippen molar-refractivity contribution in [3.8, 4) is 0 Å². The number of anilines is 1. The lowest BCUT2D eigenvalue weighted by Crippen LogP contribution is -2.20. The van der Waals surface area contributed by atoms with Crippen LogP contribution in [0.2, 0.25) is 6.55 Å². The second kappa shape index (κ2) is 3.58. The number of benzene rings is 1. The van der Waals surface area contributed by atoms with E-state index in [9.17, 15) is 0 Å². The Kier molecular flexibility index (Phi) is 2.71. The summed E-state index contributed by atoms with van der Waals surface area (Å²) in [5.41, 5.74) is 1.29. The molecule has 0 aliphatic rings. The maximum absolute atomic E-state index is 3.51. The van der Waals surface area contributed by atoms with Crippen LogP contribution < -0.4 is 4.98 Å². The molecule has 3 heteroatoms. The molecule has 0 aromatic heterocycles. The van der Waals surface area contributed by atoms with Crippen LogP contribution in [0, 0.1) is 0 Å². The lowest BCUT2D eigenvalue weighted by Gasteiger charge is -2.07. The standard InChI is InChI=1S/C7H13NSi2/c1-10(9)8-7-5-3-2-4-6-7/h2-6,8,10H,1,9H3. The minimum absolute atomic E-state index is 0.508. The molecule has 0 heterocycles. The van der Waals surface area contributed by atoms with Crippen molar-refractivity contribution in [1.29, 1.82) is 0 Å². The Morgan fingerprint density at radius 1 is 1.30 bits per heavy atom. The average molecular weight is 167 g/mol. The Labute approximate surface area is 66.4 Å². The fourth-order valence-electron chi connectivity index (χ4n) is 0.868. The van der Waals surface area contributed by atoms with Gasteiger partial charge < -0.3 is 4.98 Å². The molecule has 0 amide bonds. The van der Waals surface area contributed by atoms with Gasteiger partial charge in [0, 0.05) is 15.4 Å². The third kappa shape index (κ3) is 2.37. The molecule has 0 saturated heterocycles. The molecule has 0 bridgehead atoms. The van der Waals surface area contributed by atoms with Crippen molar-refractivity contribution in [2.45, 2.75) is 6.55 Å². The van der Waals surface area contributed by atoms with Crippen LogP contribution in [-0.4, -0.2) is 18.2 Å². The first-order chi connectivity index (χ1) is 4.79. The first-order valence-corrected chi connectivity index (χ1v) is 9.95. The molecule has 10 heavy (non-hydrogen) atoms. The number of rotatable bonds is 2. The van der Waals surface area contributed by atoms with E-state index in [1.165, 1.54) is 15.4 Å². The first kappa shape index (κ1) is 7.56. The molecule has 1 N–H and O–H groups in total. The first-order valence-electron chi connectivity index (χ1n) is 3.60. The van der Waals surface area contributed by atoms with Gasteiger partial charge in [0.1, 0.15) is 8.48 Å². The van der Waals surface area contributed by atoms with Gasteiger partial charge in [-0.05, 0) is 12.1 Å². The highest BCUT2D eigenvalue weighted by Gasteiger charge is 1.92. The molecule has 1 aromatic rings. The summed E-state index contributed by atoms with van der Waals surface area (Å²) < 4.78 is 0. The van der Waals surface area contributed by atoms with Gasteiger partial charge in [-0.15, -0.1) is 0 Å². The normalized spacial score (nSPS) is 12.9. The Hall–Kier alpha value is -0.546. The second-order valence-electron chi connectivity index (χ2n) is 2.67. The zero-order valence-electron chi connectivity index (χ0n) is 6.46. The van der Waals surface area contributed by atoms with Gasteiger partial charge in [-0.2, -0.15) is 0 Å². The number of hydrogen-bond acceptors (Lipinski definition) is 1. The monoisotopic (exact) mass is 167 g/mol. The van der Waals surface area contributed by atoms with E-state index in [0.29, 0.717) is 0 Å². The second-order valence-corrected chi connectivity index (χ2v) is 10.5. The third-order valence-corrected chi connectivity index (χ3v) is 3.01. The van der Waals surface area contributed by atoms with E-state index in [4.69, 9.17) is 0 Å². The molecule has 1 aromatic carbocycles. The highest BCUT2D eigenvalue weighted by Crippen LogP contribution is 2.03. The van der Waals surface area contributed by atoms with Gasteiger partial charge in [-0.3, -0.25) is 0 Å². The maximum Gasteiger partial charge on any atom is 0.112 e. The van der Waals surface area contributed by atoms with Gasteiger partial charge in [0.15, 0.2) is 0 Å². The van der Waals surface area contributed by atoms with Gasteiger partial charge in [0.05, 0.1) is 0 Å². The molecule has 0 radical (unpaired) electrons. The summed E-state index contributed by atoms with van der Waals surface area (Å²) in [7, 11) is 0.823. The molecule has 1 unspecified atom stereocenters. The van der Waals surface area contributed by atoms with E-state index in [-0.39, 0.29) is 0 Å². The maximum atomic E-state index is 3.51. The van der Waals surface area contributed by atoms with Gasteiger partial charge in [-0.1, -0.05) is 24.7 Å². The zero-order valence-corrected chi connectivity index (χ0v) is 9.62. The van der Waals surface area contributed by atoms with Crippen molar-refractivity contribution in [3.63, 3.8) is 0 Å². The topological polar surface area (TPSA) is 12.0 Å². The Morgan fingerprint density at radius 3 is 2.40 bits per heavy atom. The van der Waals surface area contributed by atoms with Crippen molar-refractivity contribution in [1.82, 2.24) is 0 Å². The van der Waals surface area contributed by atoms with E-state index < -0.39 is 8.48 Å². The van der Waals surface area contributed by atoms with Crippen molar-refractivity contribution in [2.75, 3.05) is 4.98 Å². The molecule has 0 aliphatic carbocycles. The summed E-state index contributed by atoms with van der Waals surface area (Å²) in [5.74, 6) is 0. The molecule has 54 valence electrons. The lowest BCUT2D eigenvalue weighted by atomic mass is 10.3. The van der Waals surface area contributed by atoms with Gasteiger partial charge in [-0.25, -0.2) is 0 Å². The summed E-state index contributed by atoms with van der Waals surface area (Å²) in [4.78, 5) is 3.51. The SMILES string of the molecule is C[SiH]([SiH3])Nc1ccccc1. The van der Waals surface area contributed by atoms with Crippen molar-refractivity contribution in [2.24, 2.45) is 0 Å². The van der Waals surface area contributed by atoms with E-state index in [1.54, 1.807) is 0 Å². The third-order valence-electron chi connectivity index (χ3n) is 1.23. The van der Waals surface area contributed by atoms with Crippen molar-refractivity contribution < 1.29 is 0 Å². The van der Waals surface area contributed by atoms with Crippen LogP contribution in [0.4, 0.5) is 5.69 Å². The fourth-order valence-corrected chi connectivity index (χ4v) is 2.73. The summed E-state index contributed by atoms with van der Waals surface area (Å²) in [6.45, 7) is 2.33. The molecule has 0 aliphatic heterocycles. The van der Waals surface area contributed by atoms with E-state index in [1.807, 2.05) is 6.07 Å². The molecular weight excluding hydrogens is 154 g/mol. The van der Waals surface area contributed by atoms with Crippen LogP contribution >= 0.6 is 0 Å². The van der Waals surface area contributed by atoms with Crippen molar-refractivity contribution >= 4 is 23.9 Å². The summed E-state index contributed by atoms with van der Waals surface area (Å²) >= 11 is 0. The number of hydrogen-bond donors (Lipinski definition) is 1. The van der Waals surface area contributed by atoms with Crippen molar-refractivity contribution in [3.05, 3.63) is 30.3 Å². The largest absolute Gasteiger partial charge is 0.416 e. The number of para-hydroxylation sites is 1. The Bertz CT molecular complexity index is 186. The molecule has 0 saturated carbocycles.